The molecule has 2 aromatic rings. The smallest absolute Gasteiger partial charge is 0.342 e. The van der Waals surface area contributed by atoms with E-state index in [2.05, 4.69) is 0 Å². The lowest BCUT2D eigenvalue weighted by Gasteiger charge is -2.21. The van der Waals surface area contributed by atoms with Gasteiger partial charge in [0.25, 0.3) is 5.69 Å². The Morgan fingerprint density at radius 3 is 2.04 bits per heavy atom. The van der Waals surface area contributed by atoms with E-state index in [1.807, 2.05) is 0 Å². The lowest BCUT2D eigenvalue weighted by molar-refractivity contribution is -0.384. The van der Waals surface area contributed by atoms with Crippen LogP contribution in [0.3, 0.4) is 0 Å². The third kappa shape index (κ3) is 3.54. The molecule has 0 saturated heterocycles. The number of hydrogen-bond acceptors (Lipinski definition) is 5. The Balaban J connectivity index is 2.25. The molecule has 1 unspecified atom stereocenters. The number of nitro benzene ring substituents is 1. The summed E-state index contributed by atoms with van der Waals surface area (Å²) < 4.78 is 4.86. The van der Waals surface area contributed by atoms with Gasteiger partial charge in [-0.3, -0.25) is 10.1 Å². The van der Waals surface area contributed by atoms with Crippen molar-refractivity contribution >= 4 is 11.7 Å². The van der Waals surface area contributed by atoms with E-state index in [0.717, 1.165) is 11.1 Å². The van der Waals surface area contributed by atoms with Crippen LogP contribution in [0, 0.1) is 10.1 Å². The summed E-state index contributed by atoms with van der Waals surface area (Å²) in [4.78, 5) is 22.0. The molecule has 0 saturated carbocycles. The van der Waals surface area contributed by atoms with Gasteiger partial charge in [-0.15, -0.1) is 0 Å². The van der Waals surface area contributed by atoms with Crippen LogP contribution in [0.2, 0.25) is 0 Å². The minimum atomic E-state index is -1.72. The van der Waals surface area contributed by atoms with Crippen LogP contribution in [0.1, 0.15) is 19.4 Å². The summed E-state index contributed by atoms with van der Waals surface area (Å²) in [6.07, 6.45) is 0. The first kappa shape index (κ1) is 16.6. The van der Waals surface area contributed by atoms with Crippen molar-refractivity contribution in [2.24, 2.45) is 0 Å². The predicted octanol–water partition coefficient (Wildman–Crippen LogP) is 3.03. The van der Waals surface area contributed by atoms with E-state index in [1.165, 1.54) is 19.1 Å². The highest BCUT2D eigenvalue weighted by molar-refractivity contribution is 5.81. The van der Waals surface area contributed by atoms with Gasteiger partial charge in [-0.25, -0.2) is 4.79 Å². The molecule has 0 amide bonds. The molecule has 0 aliphatic rings. The minimum Gasteiger partial charge on any atom is -0.464 e. The van der Waals surface area contributed by atoms with Crippen molar-refractivity contribution in [3.63, 3.8) is 0 Å². The molecular weight excluding hydrogens is 298 g/mol. The second kappa shape index (κ2) is 6.58. The third-order valence-corrected chi connectivity index (χ3v) is 3.53. The maximum atomic E-state index is 11.8. The van der Waals surface area contributed by atoms with E-state index in [0.29, 0.717) is 5.56 Å². The molecule has 0 heterocycles. The van der Waals surface area contributed by atoms with Gasteiger partial charge in [-0.1, -0.05) is 24.3 Å². The number of ether oxygens (including phenoxy) is 1. The van der Waals surface area contributed by atoms with Gasteiger partial charge in [0.2, 0.25) is 0 Å². The van der Waals surface area contributed by atoms with Crippen LogP contribution in [0.25, 0.3) is 11.1 Å². The topological polar surface area (TPSA) is 89.7 Å². The number of rotatable bonds is 5. The number of nitrogens with zero attached hydrogens (tertiary/aromatic N) is 1. The van der Waals surface area contributed by atoms with Crippen LogP contribution in [0.4, 0.5) is 5.69 Å². The molecule has 0 aliphatic heterocycles. The molecule has 6 heteroatoms. The highest BCUT2D eigenvalue weighted by atomic mass is 16.6. The summed E-state index contributed by atoms with van der Waals surface area (Å²) in [6.45, 7) is 3.24. The summed E-state index contributed by atoms with van der Waals surface area (Å²) in [7, 11) is 0. The van der Waals surface area contributed by atoms with E-state index in [9.17, 15) is 20.0 Å². The molecular formula is C17H17NO5. The van der Waals surface area contributed by atoms with Crippen molar-refractivity contribution in [1.82, 2.24) is 0 Å². The molecule has 120 valence electrons. The minimum absolute atomic E-state index is 0.0237. The molecule has 1 N–H and O–H groups in total. The maximum Gasteiger partial charge on any atom is 0.342 e. The Labute approximate surface area is 133 Å². The van der Waals surface area contributed by atoms with Crippen molar-refractivity contribution in [1.29, 1.82) is 0 Å². The van der Waals surface area contributed by atoms with Gasteiger partial charge in [0.15, 0.2) is 5.60 Å². The zero-order valence-electron chi connectivity index (χ0n) is 12.9. The Morgan fingerprint density at radius 2 is 1.61 bits per heavy atom. The molecule has 0 spiro atoms. The monoisotopic (exact) mass is 315 g/mol. The summed E-state index contributed by atoms with van der Waals surface area (Å²) in [6, 6.07) is 12.9. The largest absolute Gasteiger partial charge is 0.464 e. The molecule has 0 radical (unpaired) electrons. The predicted molar refractivity (Wildman–Crippen MR) is 84.7 cm³/mol. The number of carbonyl (C=O) groups is 1. The first-order valence-electron chi connectivity index (χ1n) is 7.11. The standard InChI is InChI=1S/C17H17NO5/c1-3-23-16(19)17(2,20)14-8-4-12(5-9-14)13-6-10-15(11-7-13)18(21)22/h4-11,20H,3H2,1-2H3. The molecule has 1 atom stereocenters. The van der Waals surface area contributed by atoms with Crippen LogP contribution in [0.15, 0.2) is 48.5 Å². The first-order chi connectivity index (χ1) is 10.9. The number of non-ortho nitro benzene ring substituents is 1. The number of esters is 1. The Bertz CT molecular complexity index is 705. The number of nitro groups is 1. The van der Waals surface area contributed by atoms with Crippen LogP contribution >= 0.6 is 0 Å². The molecule has 6 nitrogen and oxygen atoms in total. The van der Waals surface area contributed by atoms with Crippen molar-refractivity contribution in [2.45, 2.75) is 19.4 Å². The lowest BCUT2D eigenvalue weighted by atomic mass is 9.94. The van der Waals surface area contributed by atoms with Crippen molar-refractivity contribution < 1.29 is 19.6 Å². The highest BCUT2D eigenvalue weighted by Crippen LogP contribution is 2.27. The number of hydrogen-bond donors (Lipinski definition) is 1. The van der Waals surface area contributed by atoms with Gasteiger partial charge in [-0.2, -0.15) is 0 Å². The summed E-state index contributed by atoms with van der Waals surface area (Å²) >= 11 is 0. The number of aliphatic hydroxyl groups is 1. The van der Waals surface area contributed by atoms with Gasteiger partial charge >= 0.3 is 5.97 Å². The second-order valence-corrected chi connectivity index (χ2v) is 5.17. The normalized spacial score (nSPS) is 13.2. The van der Waals surface area contributed by atoms with Crippen LogP contribution in [0.5, 0.6) is 0 Å². The van der Waals surface area contributed by atoms with E-state index >= 15 is 0 Å². The highest BCUT2D eigenvalue weighted by Gasteiger charge is 2.33. The van der Waals surface area contributed by atoms with Crippen molar-refractivity contribution in [3.05, 3.63) is 64.2 Å². The molecule has 23 heavy (non-hydrogen) atoms. The molecule has 0 aromatic heterocycles. The van der Waals surface area contributed by atoms with E-state index in [4.69, 9.17) is 4.74 Å². The van der Waals surface area contributed by atoms with Crippen LogP contribution < -0.4 is 0 Å². The fraction of sp³-hybridized carbons (Fsp3) is 0.235. The van der Waals surface area contributed by atoms with Gasteiger partial charge in [0.05, 0.1) is 11.5 Å². The van der Waals surface area contributed by atoms with E-state index in [-0.39, 0.29) is 12.3 Å². The average Bonchev–Trinajstić information content (AvgIpc) is 2.55. The number of benzene rings is 2. The SMILES string of the molecule is CCOC(=O)C(C)(O)c1ccc(-c2ccc([N+](=O)[O-])cc2)cc1. The second-order valence-electron chi connectivity index (χ2n) is 5.17. The first-order valence-corrected chi connectivity index (χ1v) is 7.11. The maximum absolute atomic E-state index is 11.8. The average molecular weight is 315 g/mol. The Hall–Kier alpha value is -2.73. The van der Waals surface area contributed by atoms with E-state index in [1.54, 1.807) is 43.3 Å². The summed E-state index contributed by atoms with van der Waals surface area (Å²) in [5.74, 6) is -0.705. The fourth-order valence-electron chi connectivity index (χ4n) is 2.15. The lowest BCUT2D eigenvalue weighted by Crippen LogP contribution is -2.34. The van der Waals surface area contributed by atoms with Gasteiger partial charge in [-0.05, 0) is 42.7 Å². The van der Waals surface area contributed by atoms with Crippen molar-refractivity contribution in [2.75, 3.05) is 6.61 Å². The molecule has 0 aliphatic carbocycles. The zero-order valence-corrected chi connectivity index (χ0v) is 12.9. The fourth-order valence-corrected chi connectivity index (χ4v) is 2.15. The van der Waals surface area contributed by atoms with E-state index < -0.39 is 16.5 Å². The van der Waals surface area contributed by atoms with Gasteiger partial charge in [0, 0.05) is 12.1 Å². The molecule has 2 aromatic carbocycles. The Kier molecular flexibility index (Phi) is 4.76. The molecule has 0 bridgehead atoms. The van der Waals surface area contributed by atoms with Crippen LogP contribution in [-0.2, 0) is 15.1 Å². The molecule has 0 fully saturated rings. The van der Waals surface area contributed by atoms with Crippen LogP contribution in [-0.4, -0.2) is 22.6 Å². The number of carbonyl (C=O) groups excluding carboxylic acids is 1. The van der Waals surface area contributed by atoms with Gasteiger partial charge < -0.3 is 9.84 Å². The van der Waals surface area contributed by atoms with Crippen molar-refractivity contribution in [3.8, 4) is 11.1 Å². The zero-order chi connectivity index (χ0) is 17.0. The Morgan fingerprint density at radius 1 is 1.13 bits per heavy atom. The third-order valence-electron chi connectivity index (χ3n) is 3.53. The molecule has 2 rings (SSSR count). The summed E-state index contributed by atoms with van der Waals surface area (Å²) in [5, 5.41) is 20.9. The van der Waals surface area contributed by atoms with Gasteiger partial charge in [0.1, 0.15) is 0 Å². The quantitative estimate of drug-likeness (QED) is 0.520. The summed E-state index contributed by atoms with van der Waals surface area (Å²) in [5.41, 5.74) is 0.350.